The summed E-state index contributed by atoms with van der Waals surface area (Å²) in [4.78, 5) is 0. The van der Waals surface area contributed by atoms with E-state index in [1.54, 1.807) is 19.2 Å². The highest BCUT2D eigenvalue weighted by molar-refractivity contribution is 6.31. The minimum atomic E-state index is 0.648. The van der Waals surface area contributed by atoms with E-state index in [0.29, 0.717) is 17.3 Å². The third kappa shape index (κ3) is 3.13. The molecule has 1 rings (SSSR count). The lowest BCUT2D eigenvalue weighted by molar-refractivity contribution is 0.211. The summed E-state index contributed by atoms with van der Waals surface area (Å²) in [6, 6.07) is 5.37. The number of hydrogen-bond acceptors (Lipinski definition) is 3. The van der Waals surface area contributed by atoms with Crippen molar-refractivity contribution in [2.24, 2.45) is 0 Å². The van der Waals surface area contributed by atoms with Crippen LogP contribution in [0, 0.1) is 0 Å². The van der Waals surface area contributed by atoms with Gasteiger partial charge >= 0.3 is 0 Å². The van der Waals surface area contributed by atoms with Gasteiger partial charge in [0.1, 0.15) is 0 Å². The molecule has 0 atom stereocenters. The van der Waals surface area contributed by atoms with Crippen molar-refractivity contribution in [2.45, 2.75) is 0 Å². The third-order valence-corrected chi connectivity index (χ3v) is 1.87. The average molecular weight is 201 g/mol. The van der Waals surface area contributed by atoms with Crippen molar-refractivity contribution >= 4 is 23.0 Å². The quantitative estimate of drug-likeness (QED) is 0.577. The van der Waals surface area contributed by atoms with E-state index < -0.39 is 0 Å². The van der Waals surface area contributed by atoms with Gasteiger partial charge in [-0.1, -0.05) is 11.6 Å². The van der Waals surface area contributed by atoms with Gasteiger partial charge in [-0.15, -0.1) is 0 Å². The molecule has 0 radical (unpaired) electrons. The fourth-order valence-electron chi connectivity index (χ4n) is 0.982. The number of anilines is 2. The Balaban J connectivity index is 2.56. The number of methoxy groups -OCH3 is 1. The fraction of sp³-hybridized carbons (Fsp3) is 0.333. The number of hydrogen-bond donors (Lipinski definition) is 2. The van der Waals surface area contributed by atoms with E-state index in [2.05, 4.69) is 5.32 Å². The standard InChI is InChI=1S/C9H13ClN2O/c1-13-5-4-12-9-3-2-7(10)6-8(9)11/h2-3,6,12H,4-5,11H2,1H3. The summed E-state index contributed by atoms with van der Waals surface area (Å²) in [7, 11) is 1.66. The Hall–Kier alpha value is -0.930. The van der Waals surface area contributed by atoms with Crippen LogP contribution in [0.5, 0.6) is 0 Å². The number of nitrogens with two attached hydrogens (primary N) is 1. The Morgan fingerprint density at radius 3 is 2.92 bits per heavy atom. The minimum Gasteiger partial charge on any atom is -0.397 e. The second-order valence-electron chi connectivity index (χ2n) is 2.65. The molecule has 0 amide bonds. The second kappa shape index (κ2) is 4.94. The fourth-order valence-corrected chi connectivity index (χ4v) is 1.16. The topological polar surface area (TPSA) is 47.3 Å². The van der Waals surface area contributed by atoms with Crippen LogP contribution in [0.2, 0.25) is 5.02 Å². The predicted octanol–water partition coefficient (Wildman–Crippen LogP) is 1.98. The molecule has 0 heterocycles. The van der Waals surface area contributed by atoms with E-state index in [-0.39, 0.29) is 0 Å². The first kappa shape index (κ1) is 10.2. The molecule has 0 saturated heterocycles. The van der Waals surface area contributed by atoms with Crippen LogP contribution in [-0.4, -0.2) is 20.3 Å². The molecule has 3 nitrogen and oxygen atoms in total. The molecule has 0 aliphatic rings. The van der Waals surface area contributed by atoms with E-state index in [4.69, 9.17) is 22.1 Å². The zero-order valence-electron chi connectivity index (χ0n) is 7.51. The lowest BCUT2D eigenvalue weighted by Gasteiger charge is -2.08. The van der Waals surface area contributed by atoms with Gasteiger partial charge in [-0.3, -0.25) is 0 Å². The summed E-state index contributed by atoms with van der Waals surface area (Å²) in [6.07, 6.45) is 0. The summed E-state index contributed by atoms with van der Waals surface area (Å²) in [5.41, 5.74) is 7.26. The molecule has 0 fully saturated rings. The maximum atomic E-state index is 5.75. The van der Waals surface area contributed by atoms with Gasteiger partial charge in [0.05, 0.1) is 18.0 Å². The van der Waals surface area contributed by atoms with Crippen LogP contribution in [-0.2, 0) is 4.74 Å². The number of benzene rings is 1. The van der Waals surface area contributed by atoms with Crippen molar-refractivity contribution in [3.05, 3.63) is 23.2 Å². The van der Waals surface area contributed by atoms with Crippen LogP contribution in [0.4, 0.5) is 11.4 Å². The molecule has 72 valence electrons. The average Bonchev–Trinajstić information content (AvgIpc) is 2.09. The van der Waals surface area contributed by atoms with E-state index >= 15 is 0 Å². The van der Waals surface area contributed by atoms with Crippen LogP contribution >= 0.6 is 11.6 Å². The second-order valence-corrected chi connectivity index (χ2v) is 3.09. The Bertz CT molecular complexity index is 278. The van der Waals surface area contributed by atoms with Crippen molar-refractivity contribution in [1.82, 2.24) is 0 Å². The molecular formula is C9H13ClN2O. The van der Waals surface area contributed by atoms with Gasteiger partial charge in [0.15, 0.2) is 0 Å². The summed E-state index contributed by atoms with van der Waals surface area (Å²) >= 11 is 5.75. The van der Waals surface area contributed by atoms with E-state index in [1.165, 1.54) is 0 Å². The molecular weight excluding hydrogens is 188 g/mol. The van der Waals surface area contributed by atoms with Gasteiger partial charge in [0, 0.05) is 18.7 Å². The van der Waals surface area contributed by atoms with Gasteiger partial charge < -0.3 is 15.8 Å². The van der Waals surface area contributed by atoms with Crippen LogP contribution in [0.3, 0.4) is 0 Å². The SMILES string of the molecule is COCCNc1ccc(Cl)cc1N. The van der Waals surface area contributed by atoms with Gasteiger partial charge in [0.2, 0.25) is 0 Å². The molecule has 0 spiro atoms. The van der Waals surface area contributed by atoms with Crippen LogP contribution in [0.15, 0.2) is 18.2 Å². The maximum absolute atomic E-state index is 5.75. The lowest BCUT2D eigenvalue weighted by atomic mass is 10.2. The van der Waals surface area contributed by atoms with Crippen molar-refractivity contribution in [3.63, 3.8) is 0 Å². The predicted molar refractivity (Wildman–Crippen MR) is 56.2 cm³/mol. The van der Waals surface area contributed by atoms with Crippen LogP contribution < -0.4 is 11.1 Å². The van der Waals surface area contributed by atoms with Crippen molar-refractivity contribution in [1.29, 1.82) is 0 Å². The van der Waals surface area contributed by atoms with Crippen molar-refractivity contribution in [2.75, 3.05) is 31.3 Å². The highest BCUT2D eigenvalue weighted by Gasteiger charge is 1.97. The lowest BCUT2D eigenvalue weighted by Crippen LogP contribution is -2.08. The van der Waals surface area contributed by atoms with Gasteiger partial charge in [0.25, 0.3) is 0 Å². The smallest absolute Gasteiger partial charge is 0.0635 e. The molecule has 0 bridgehead atoms. The summed E-state index contributed by atoms with van der Waals surface area (Å²) in [6.45, 7) is 1.39. The van der Waals surface area contributed by atoms with E-state index in [0.717, 1.165) is 12.2 Å². The Morgan fingerprint density at radius 1 is 1.54 bits per heavy atom. The molecule has 13 heavy (non-hydrogen) atoms. The first-order valence-electron chi connectivity index (χ1n) is 4.02. The molecule has 0 aromatic heterocycles. The highest BCUT2D eigenvalue weighted by Crippen LogP contribution is 2.22. The van der Waals surface area contributed by atoms with Crippen LogP contribution in [0.25, 0.3) is 0 Å². The van der Waals surface area contributed by atoms with Gasteiger partial charge in [-0.2, -0.15) is 0 Å². The molecule has 0 saturated carbocycles. The molecule has 1 aromatic rings. The number of nitrogens with one attached hydrogen (secondary N) is 1. The van der Waals surface area contributed by atoms with E-state index in [9.17, 15) is 0 Å². The Kier molecular flexibility index (Phi) is 3.86. The van der Waals surface area contributed by atoms with E-state index in [1.807, 2.05) is 6.07 Å². The van der Waals surface area contributed by atoms with Crippen molar-refractivity contribution < 1.29 is 4.74 Å². The molecule has 1 aromatic carbocycles. The van der Waals surface area contributed by atoms with Gasteiger partial charge in [-0.25, -0.2) is 0 Å². The molecule has 4 heteroatoms. The first-order valence-corrected chi connectivity index (χ1v) is 4.39. The van der Waals surface area contributed by atoms with Crippen LogP contribution in [0.1, 0.15) is 0 Å². The number of rotatable bonds is 4. The molecule has 3 N–H and O–H groups in total. The zero-order valence-corrected chi connectivity index (χ0v) is 8.27. The molecule has 0 unspecified atom stereocenters. The highest BCUT2D eigenvalue weighted by atomic mass is 35.5. The normalized spacial score (nSPS) is 10.0. The molecule has 0 aliphatic carbocycles. The first-order chi connectivity index (χ1) is 6.24. The number of nitrogen functional groups attached to an aromatic ring is 1. The van der Waals surface area contributed by atoms with Crippen molar-refractivity contribution in [3.8, 4) is 0 Å². The Labute approximate surface area is 82.8 Å². The Morgan fingerprint density at radius 2 is 2.31 bits per heavy atom. The third-order valence-electron chi connectivity index (χ3n) is 1.64. The zero-order chi connectivity index (χ0) is 9.68. The number of ether oxygens (including phenoxy) is 1. The summed E-state index contributed by atoms with van der Waals surface area (Å²) in [5, 5.41) is 3.78. The van der Waals surface area contributed by atoms with Gasteiger partial charge in [-0.05, 0) is 18.2 Å². The monoisotopic (exact) mass is 200 g/mol. The maximum Gasteiger partial charge on any atom is 0.0635 e. The summed E-state index contributed by atoms with van der Waals surface area (Å²) in [5.74, 6) is 0. The largest absolute Gasteiger partial charge is 0.397 e. The molecule has 0 aliphatic heterocycles. The number of halogens is 1. The minimum absolute atomic E-state index is 0.648. The summed E-state index contributed by atoms with van der Waals surface area (Å²) < 4.78 is 4.90.